The number of para-hydroxylation sites is 1. The van der Waals surface area contributed by atoms with E-state index in [9.17, 15) is 0 Å². The van der Waals surface area contributed by atoms with Gasteiger partial charge in [0.2, 0.25) is 0 Å². The van der Waals surface area contributed by atoms with E-state index in [-0.39, 0.29) is 24.0 Å². The SMILES string of the molecule is CCNC(=NCCc1c[nH]c2c(C)cccc12)N1CCC(Cc2cnn(C)c2)C1.I. The second-order valence-electron chi connectivity index (χ2n) is 8.12. The normalized spacial score (nSPS) is 16.8. The molecule has 3 aromatic rings. The number of hydrogen-bond donors (Lipinski definition) is 2. The lowest BCUT2D eigenvalue weighted by atomic mass is 10.0. The maximum Gasteiger partial charge on any atom is 0.193 e. The van der Waals surface area contributed by atoms with Crippen molar-refractivity contribution in [2.24, 2.45) is 18.0 Å². The summed E-state index contributed by atoms with van der Waals surface area (Å²) in [4.78, 5) is 10.8. The van der Waals surface area contributed by atoms with Gasteiger partial charge in [-0.05, 0) is 55.7 Å². The van der Waals surface area contributed by atoms with Crippen LogP contribution in [0.15, 0.2) is 41.8 Å². The van der Waals surface area contributed by atoms with Gasteiger partial charge in [0, 0.05) is 56.5 Å². The zero-order valence-electron chi connectivity index (χ0n) is 18.2. The number of H-pyrrole nitrogens is 1. The van der Waals surface area contributed by atoms with Crippen LogP contribution >= 0.6 is 24.0 Å². The summed E-state index contributed by atoms with van der Waals surface area (Å²) in [6.07, 6.45) is 9.51. The molecule has 1 aliphatic heterocycles. The van der Waals surface area contributed by atoms with Gasteiger partial charge in [-0.15, -0.1) is 24.0 Å². The van der Waals surface area contributed by atoms with Crippen LogP contribution in [0.1, 0.15) is 30.0 Å². The van der Waals surface area contributed by atoms with E-state index in [4.69, 9.17) is 4.99 Å². The van der Waals surface area contributed by atoms with E-state index in [0.717, 1.165) is 45.0 Å². The van der Waals surface area contributed by atoms with Crippen molar-refractivity contribution in [3.05, 3.63) is 53.5 Å². The molecule has 0 saturated carbocycles. The van der Waals surface area contributed by atoms with Crippen molar-refractivity contribution in [1.82, 2.24) is 25.0 Å². The van der Waals surface area contributed by atoms with Crippen molar-refractivity contribution in [2.75, 3.05) is 26.2 Å². The molecule has 3 heterocycles. The Balaban J connectivity index is 0.00000256. The molecule has 1 aromatic carbocycles. The Hall–Kier alpha value is -2.03. The predicted molar refractivity (Wildman–Crippen MR) is 135 cm³/mol. The molecule has 0 aliphatic carbocycles. The average molecular weight is 520 g/mol. The van der Waals surface area contributed by atoms with Crippen molar-refractivity contribution in [1.29, 1.82) is 0 Å². The highest BCUT2D eigenvalue weighted by molar-refractivity contribution is 14.0. The summed E-state index contributed by atoms with van der Waals surface area (Å²) in [5, 5.41) is 9.11. The topological polar surface area (TPSA) is 61.2 Å². The van der Waals surface area contributed by atoms with Gasteiger partial charge in [-0.2, -0.15) is 5.10 Å². The number of aromatic amines is 1. The van der Waals surface area contributed by atoms with E-state index in [1.165, 1.54) is 34.0 Å². The Morgan fingerprint density at radius 1 is 1.37 bits per heavy atom. The zero-order chi connectivity index (χ0) is 20.2. The van der Waals surface area contributed by atoms with Crippen LogP contribution < -0.4 is 5.32 Å². The van der Waals surface area contributed by atoms with Crippen molar-refractivity contribution < 1.29 is 0 Å². The number of nitrogens with one attached hydrogen (secondary N) is 2. The van der Waals surface area contributed by atoms with Crippen molar-refractivity contribution >= 4 is 40.8 Å². The summed E-state index contributed by atoms with van der Waals surface area (Å²) in [6, 6.07) is 6.49. The molecule has 7 heteroatoms. The lowest BCUT2D eigenvalue weighted by Crippen LogP contribution is -2.40. The van der Waals surface area contributed by atoms with Gasteiger partial charge < -0.3 is 15.2 Å². The third-order valence-electron chi connectivity index (χ3n) is 5.86. The summed E-state index contributed by atoms with van der Waals surface area (Å²) in [6.45, 7) is 8.12. The highest BCUT2D eigenvalue weighted by Gasteiger charge is 2.25. The summed E-state index contributed by atoms with van der Waals surface area (Å²) in [7, 11) is 1.98. The van der Waals surface area contributed by atoms with E-state index in [1.54, 1.807) is 0 Å². The molecule has 0 amide bonds. The van der Waals surface area contributed by atoms with E-state index < -0.39 is 0 Å². The van der Waals surface area contributed by atoms with Gasteiger partial charge >= 0.3 is 0 Å². The summed E-state index contributed by atoms with van der Waals surface area (Å²) >= 11 is 0. The summed E-state index contributed by atoms with van der Waals surface area (Å²) in [5.41, 5.74) is 5.22. The fraction of sp³-hybridized carbons (Fsp3) is 0.478. The van der Waals surface area contributed by atoms with Gasteiger partial charge in [-0.25, -0.2) is 0 Å². The quantitative estimate of drug-likeness (QED) is 0.295. The molecule has 0 spiro atoms. The van der Waals surface area contributed by atoms with Gasteiger partial charge in [0.15, 0.2) is 5.96 Å². The molecule has 1 saturated heterocycles. The molecule has 30 heavy (non-hydrogen) atoms. The van der Waals surface area contributed by atoms with Gasteiger partial charge in [-0.1, -0.05) is 18.2 Å². The second kappa shape index (κ2) is 10.3. The lowest BCUT2D eigenvalue weighted by Gasteiger charge is -2.21. The van der Waals surface area contributed by atoms with Crippen LogP contribution in [-0.4, -0.2) is 51.8 Å². The van der Waals surface area contributed by atoms with Crippen molar-refractivity contribution in [3.63, 3.8) is 0 Å². The van der Waals surface area contributed by atoms with E-state index in [1.807, 2.05) is 17.9 Å². The van der Waals surface area contributed by atoms with E-state index >= 15 is 0 Å². The number of nitrogens with zero attached hydrogens (tertiary/aromatic N) is 4. The highest BCUT2D eigenvalue weighted by atomic mass is 127. The largest absolute Gasteiger partial charge is 0.361 e. The number of fused-ring (bicyclic) bond motifs is 1. The first-order chi connectivity index (χ1) is 14.1. The zero-order valence-corrected chi connectivity index (χ0v) is 20.5. The Morgan fingerprint density at radius 3 is 3.00 bits per heavy atom. The third kappa shape index (κ3) is 5.17. The predicted octanol–water partition coefficient (Wildman–Crippen LogP) is 3.90. The number of guanidine groups is 1. The molecule has 6 nitrogen and oxygen atoms in total. The molecule has 0 bridgehead atoms. The molecule has 1 atom stereocenters. The molecular weight excluding hydrogens is 487 g/mol. The Kier molecular flexibility index (Phi) is 7.80. The molecule has 2 aromatic heterocycles. The number of hydrogen-bond acceptors (Lipinski definition) is 2. The molecule has 1 aliphatic rings. The van der Waals surface area contributed by atoms with Crippen LogP contribution in [0.3, 0.4) is 0 Å². The van der Waals surface area contributed by atoms with Gasteiger partial charge in [0.25, 0.3) is 0 Å². The minimum absolute atomic E-state index is 0. The van der Waals surface area contributed by atoms with Gasteiger partial charge in [0.05, 0.1) is 6.20 Å². The number of rotatable bonds is 6. The van der Waals surface area contributed by atoms with Crippen LogP contribution in [0.25, 0.3) is 10.9 Å². The second-order valence-corrected chi connectivity index (χ2v) is 8.12. The van der Waals surface area contributed by atoms with Crippen molar-refractivity contribution in [3.8, 4) is 0 Å². The van der Waals surface area contributed by atoms with Crippen LogP contribution in [0.4, 0.5) is 0 Å². The van der Waals surface area contributed by atoms with Crippen molar-refractivity contribution in [2.45, 2.75) is 33.1 Å². The van der Waals surface area contributed by atoms with Crippen LogP contribution in [0.2, 0.25) is 0 Å². The third-order valence-corrected chi connectivity index (χ3v) is 5.86. The maximum atomic E-state index is 4.95. The standard InChI is InChI=1S/C23H32N6.HI/c1-4-24-23(29-11-9-18(16-29)12-19-13-27-28(3)15-19)25-10-8-20-14-26-22-17(2)6-5-7-21(20)22;/h5-7,13-15,18,26H,4,8-12,16H2,1-3H3,(H,24,25);1H. The number of aromatic nitrogens is 3. The lowest BCUT2D eigenvalue weighted by molar-refractivity contribution is 0.460. The fourth-order valence-corrected chi connectivity index (χ4v) is 4.38. The minimum Gasteiger partial charge on any atom is -0.361 e. The molecular formula is C23H33IN6. The summed E-state index contributed by atoms with van der Waals surface area (Å²) in [5.74, 6) is 1.72. The maximum absolute atomic E-state index is 4.95. The molecule has 4 rings (SSSR count). The first kappa shape index (κ1) is 22.7. The van der Waals surface area contributed by atoms with Gasteiger partial charge in [0.1, 0.15) is 0 Å². The monoisotopic (exact) mass is 520 g/mol. The number of halogens is 1. The van der Waals surface area contributed by atoms with Gasteiger partial charge in [-0.3, -0.25) is 9.67 Å². The molecule has 0 radical (unpaired) electrons. The Morgan fingerprint density at radius 2 is 2.23 bits per heavy atom. The number of aryl methyl sites for hydroxylation is 2. The molecule has 1 unspecified atom stereocenters. The van der Waals surface area contributed by atoms with E-state index in [0.29, 0.717) is 5.92 Å². The smallest absolute Gasteiger partial charge is 0.193 e. The van der Waals surface area contributed by atoms with Crippen LogP contribution in [-0.2, 0) is 19.9 Å². The first-order valence-electron chi connectivity index (χ1n) is 10.7. The average Bonchev–Trinajstić information content (AvgIpc) is 3.43. The molecule has 162 valence electrons. The highest BCUT2D eigenvalue weighted by Crippen LogP contribution is 2.22. The van der Waals surface area contributed by atoms with Crippen LogP contribution in [0.5, 0.6) is 0 Å². The Bertz CT molecular complexity index is 989. The summed E-state index contributed by atoms with van der Waals surface area (Å²) < 4.78 is 1.89. The fourth-order valence-electron chi connectivity index (χ4n) is 4.38. The van der Waals surface area contributed by atoms with E-state index in [2.05, 4.69) is 64.7 Å². The Labute approximate surface area is 196 Å². The molecule has 2 N–H and O–H groups in total. The minimum atomic E-state index is 0. The first-order valence-corrected chi connectivity index (χ1v) is 10.7. The number of aliphatic imine (C=N–C) groups is 1. The molecule has 1 fully saturated rings. The number of likely N-dealkylation sites (tertiary alicyclic amines) is 1. The number of benzene rings is 1. The van der Waals surface area contributed by atoms with Crippen LogP contribution in [0, 0.1) is 12.8 Å².